The van der Waals surface area contributed by atoms with Crippen molar-refractivity contribution in [3.05, 3.63) is 23.8 Å². The van der Waals surface area contributed by atoms with E-state index in [4.69, 9.17) is 10.5 Å². The lowest BCUT2D eigenvalue weighted by Gasteiger charge is -2.38. The van der Waals surface area contributed by atoms with Crippen LogP contribution in [0, 0.1) is 11.3 Å². The van der Waals surface area contributed by atoms with E-state index in [9.17, 15) is 0 Å². The van der Waals surface area contributed by atoms with Crippen molar-refractivity contribution < 1.29 is 4.74 Å². The quantitative estimate of drug-likeness (QED) is 0.858. The van der Waals surface area contributed by atoms with Gasteiger partial charge in [-0.05, 0) is 55.0 Å². The predicted molar refractivity (Wildman–Crippen MR) is 84.9 cm³/mol. The third kappa shape index (κ3) is 3.89. The second kappa shape index (κ2) is 6.04. The number of anilines is 1. The Morgan fingerprint density at radius 2 is 1.85 bits per heavy atom. The fourth-order valence-corrected chi connectivity index (χ4v) is 3.11. The van der Waals surface area contributed by atoms with Crippen LogP contribution in [0.3, 0.4) is 0 Å². The molecule has 3 heteroatoms. The fourth-order valence-electron chi connectivity index (χ4n) is 3.11. The van der Waals surface area contributed by atoms with Crippen LogP contribution in [0.5, 0.6) is 5.75 Å². The van der Waals surface area contributed by atoms with Gasteiger partial charge in [0.15, 0.2) is 0 Å². The molecule has 1 fully saturated rings. The van der Waals surface area contributed by atoms with Gasteiger partial charge in [-0.3, -0.25) is 4.90 Å². The number of rotatable bonds is 3. The molecule has 0 aromatic heterocycles. The molecule has 20 heavy (non-hydrogen) atoms. The van der Waals surface area contributed by atoms with E-state index >= 15 is 0 Å². The Kier molecular flexibility index (Phi) is 4.59. The van der Waals surface area contributed by atoms with Crippen LogP contribution in [0.1, 0.15) is 39.2 Å². The van der Waals surface area contributed by atoms with Crippen molar-refractivity contribution in [2.24, 2.45) is 11.3 Å². The van der Waals surface area contributed by atoms with E-state index in [1.807, 2.05) is 6.07 Å². The summed E-state index contributed by atoms with van der Waals surface area (Å²) in [7, 11) is 1.69. The van der Waals surface area contributed by atoms with Gasteiger partial charge in [0.2, 0.25) is 0 Å². The van der Waals surface area contributed by atoms with Gasteiger partial charge in [-0.1, -0.05) is 20.8 Å². The number of nitrogen functional groups attached to an aromatic ring is 1. The molecule has 0 unspecified atom stereocenters. The molecule has 2 rings (SSSR count). The summed E-state index contributed by atoms with van der Waals surface area (Å²) in [5, 5.41) is 0. The first-order chi connectivity index (χ1) is 9.38. The SMILES string of the molecule is COc1cc(N)cc(CN2CCC(C(C)(C)C)CC2)c1. The summed E-state index contributed by atoms with van der Waals surface area (Å²) in [5.41, 5.74) is 8.39. The number of hydrogen-bond acceptors (Lipinski definition) is 3. The first-order valence-corrected chi connectivity index (χ1v) is 7.54. The Bertz CT molecular complexity index is 443. The predicted octanol–water partition coefficient (Wildman–Crippen LogP) is 3.54. The van der Waals surface area contributed by atoms with Crippen molar-refractivity contribution in [1.29, 1.82) is 0 Å². The van der Waals surface area contributed by atoms with Gasteiger partial charge in [0.1, 0.15) is 5.75 Å². The second-order valence-corrected chi connectivity index (χ2v) is 7.03. The lowest BCUT2D eigenvalue weighted by atomic mass is 9.75. The molecule has 0 bridgehead atoms. The Morgan fingerprint density at radius 1 is 1.20 bits per heavy atom. The minimum absolute atomic E-state index is 0.437. The Hall–Kier alpha value is -1.22. The average molecular weight is 276 g/mol. The molecule has 112 valence electrons. The summed E-state index contributed by atoms with van der Waals surface area (Å²) >= 11 is 0. The monoisotopic (exact) mass is 276 g/mol. The molecule has 0 atom stereocenters. The van der Waals surface area contributed by atoms with Crippen LogP contribution in [-0.2, 0) is 6.54 Å². The van der Waals surface area contributed by atoms with Gasteiger partial charge in [0, 0.05) is 18.3 Å². The molecule has 1 aliphatic heterocycles. The molecule has 0 amide bonds. The molecule has 0 spiro atoms. The highest BCUT2D eigenvalue weighted by molar-refractivity contribution is 5.47. The Labute approximate surface area is 123 Å². The second-order valence-electron chi connectivity index (χ2n) is 7.03. The summed E-state index contributed by atoms with van der Waals surface area (Å²) in [6.45, 7) is 10.4. The van der Waals surface area contributed by atoms with Crippen LogP contribution in [0.4, 0.5) is 5.69 Å². The molecule has 1 saturated heterocycles. The number of hydrogen-bond donors (Lipinski definition) is 1. The third-order valence-electron chi connectivity index (χ3n) is 4.44. The zero-order valence-corrected chi connectivity index (χ0v) is 13.3. The van der Waals surface area contributed by atoms with Gasteiger partial charge < -0.3 is 10.5 Å². The summed E-state index contributed by atoms with van der Waals surface area (Å²) in [4.78, 5) is 2.52. The Balaban J connectivity index is 1.94. The van der Waals surface area contributed by atoms with Crippen molar-refractivity contribution in [3.8, 4) is 5.75 Å². The number of likely N-dealkylation sites (tertiary alicyclic amines) is 1. The van der Waals surface area contributed by atoms with E-state index in [1.165, 1.54) is 31.5 Å². The number of piperidine rings is 1. The van der Waals surface area contributed by atoms with Gasteiger partial charge in [-0.15, -0.1) is 0 Å². The summed E-state index contributed by atoms with van der Waals surface area (Å²) < 4.78 is 5.29. The molecular formula is C17H28N2O. The van der Waals surface area contributed by atoms with E-state index < -0.39 is 0 Å². The van der Waals surface area contributed by atoms with E-state index in [0.717, 1.165) is 23.9 Å². The molecule has 1 aromatic carbocycles. The molecular weight excluding hydrogens is 248 g/mol. The van der Waals surface area contributed by atoms with Crippen LogP contribution in [-0.4, -0.2) is 25.1 Å². The number of ether oxygens (including phenoxy) is 1. The largest absolute Gasteiger partial charge is 0.497 e. The van der Waals surface area contributed by atoms with Gasteiger partial charge in [-0.2, -0.15) is 0 Å². The smallest absolute Gasteiger partial charge is 0.121 e. The highest BCUT2D eigenvalue weighted by Gasteiger charge is 2.28. The van der Waals surface area contributed by atoms with Crippen molar-refractivity contribution in [2.75, 3.05) is 25.9 Å². The summed E-state index contributed by atoms with van der Waals surface area (Å²) in [6.07, 6.45) is 2.59. The van der Waals surface area contributed by atoms with Crippen molar-refractivity contribution in [3.63, 3.8) is 0 Å². The van der Waals surface area contributed by atoms with E-state index in [0.29, 0.717) is 5.41 Å². The van der Waals surface area contributed by atoms with Gasteiger partial charge in [0.25, 0.3) is 0 Å². The van der Waals surface area contributed by atoms with Crippen molar-refractivity contribution in [1.82, 2.24) is 4.90 Å². The molecule has 0 aliphatic carbocycles. The molecule has 3 nitrogen and oxygen atoms in total. The maximum atomic E-state index is 5.92. The van der Waals surface area contributed by atoms with Crippen molar-refractivity contribution >= 4 is 5.69 Å². The van der Waals surface area contributed by atoms with E-state index in [2.05, 4.69) is 37.8 Å². The molecule has 1 aliphatic rings. The molecule has 2 N–H and O–H groups in total. The number of nitrogens with zero attached hydrogens (tertiary/aromatic N) is 1. The van der Waals surface area contributed by atoms with Crippen LogP contribution in [0.15, 0.2) is 18.2 Å². The van der Waals surface area contributed by atoms with Crippen LogP contribution in [0.2, 0.25) is 0 Å². The molecule has 1 heterocycles. The Morgan fingerprint density at radius 3 is 2.40 bits per heavy atom. The van der Waals surface area contributed by atoms with Crippen LogP contribution < -0.4 is 10.5 Å². The topological polar surface area (TPSA) is 38.5 Å². The van der Waals surface area contributed by atoms with Gasteiger partial charge in [0.05, 0.1) is 7.11 Å². The average Bonchev–Trinajstić information content (AvgIpc) is 2.37. The lowest BCUT2D eigenvalue weighted by molar-refractivity contribution is 0.108. The molecule has 1 aromatic rings. The zero-order valence-electron chi connectivity index (χ0n) is 13.3. The summed E-state index contributed by atoms with van der Waals surface area (Å²) in [6, 6.07) is 6.01. The fraction of sp³-hybridized carbons (Fsp3) is 0.647. The van der Waals surface area contributed by atoms with Gasteiger partial charge >= 0.3 is 0 Å². The highest BCUT2D eigenvalue weighted by atomic mass is 16.5. The minimum atomic E-state index is 0.437. The zero-order chi connectivity index (χ0) is 14.8. The van der Waals surface area contributed by atoms with Gasteiger partial charge in [-0.25, -0.2) is 0 Å². The first-order valence-electron chi connectivity index (χ1n) is 7.54. The third-order valence-corrected chi connectivity index (χ3v) is 4.44. The number of methoxy groups -OCH3 is 1. The molecule has 0 saturated carbocycles. The number of benzene rings is 1. The maximum absolute atomic E-state index is 5.92. The normalized spacial score (nSPS) is 18.2. The van der Waals surface area contributed by atoms with E-state index in [1.54, 1.807) is 7.11 Å². The minimum Gasteiger partial charge on any atom is -0.497 e. The molecule has 0 radical (unpaired) electrons. The van der Waals surface area contributed by atoms with E-state index in [-0.39, 0.29) is 0 Å². The van der Waals surface area contributed by atoms with Crippen LogP contribution >= 0.6 is 0 Å². The standard InChI is InChI=1S/C17H28N2O/c1-17(2,3)14-5-7-19(8-6-14)12-13-9-15(18)11-16(10-13)20-4/h9-11,14H,5-8,12,18H2,1-4H3. The highest BCUT2D eigenvalue weighted by Crippen LogP contribution is 2.34. The lowest BCUT2D eigenvalue weighted by Crippen LogP contribution is -2.37. The van der Waals surface area contributed by atoms with Crippen LogP contribution in [0.25, 0.3) is 0 Å². The maximum Gasteiger partial charge on any atom is 0.121 e. The van der Waals surface area contributed by atoms with Crippen molar-refractivity contribution in [2.45, 2.75) is 40.2 Å². The first kappa shape index (κ1) is 15.2. The summed E-state index contributed by atoms with van der Waals surface area (Å²) in [5.74, 6) is 1.69. The number of nitrogens with two attached hydrogens (primary N) is 1.